The summed E-state index contributed by atoms with van der Waals surface area (Å²) in [4.78, 5) is 16.5. The van der Waals surface area contributed by atoms with Crippen molar-refractivity contribution in [3.05, 3.63) is 47.4 Å². The summed E-state index contributed by atoms with van der Waals surface area (Å²) in [6.45, 7) is 6.34. The minimum absolute atomic E-state index is 0.119. The molecule has 1 amide bonds. The highest BCUT2D eigenvalue weighted by Crippen LogP contribution is 2.27. The third-order valence-electron chi connectivity index (χ3n) is 3.92. The Kier molecular flexibility index (Phi) is 4.07. The van der Waals surface area contributed by atoms with E-state index in [2.05, 4.69) is 20.7 Å². The first kappa shape index (κ1) is 15.8. The second-order valence-corrected chi connectivity index (χ2v) is 5.63. The first-order valence-electron chi connectivity index (χ1n) is 7.75. The zero-order valence-corrected chi connectivity index (χ0v) is 13.9. The number of nitrogen functional groups attached to an aromatic ring is 1. The van der Waals surface area contributed by atoms with Gasteiger partial charge in [-0.25, -0.2) is 9.50 Å². The van der Waals surface area contributed by atoms with Crippen LogP contribution in [0.5, 0.6) is 0 Å². The average Bonchev–Trinajstić information content (AvgIpc) is 2.89. The lowest BCUT2D eigenvalue weighted by molar-refractivity contribution is 0.0955. The van der Waals surface area contributed by atoms with Crippen molar-refractivity contribution < 1.29 is 4.79 Å². The Labute approximate surface area is 139 Å². The Hall–Kier alpha value is -3.09. The summed E-state index contributed by atoms with van der Waals surface area (Å²) in [6, 6.07) is 5.66. The van der Waals surface area contributed by atoms with Gasteiger partial charge in [-0.05, 0) is 44.0 Å². The van der Waals surface area contributed by atoms with Crippen molar-refractivity contribution in [3.63, 3.8) is 0 Å². The van der Waals surface area contributed by atoms with Crippen molar-refractivity contribution in [2.75, 3.05) is 17.6 Å². The maximum atomic E-state index is 12.2. The third kappa shape index (κ3) is 2.76. The summed E-state index contributed by atoms with van der Waals surface area (Å²) in [5.41, 5.74) is 10.6. The van der Waals surface area contributed by atoms with Crippen molar-refractivity contribution >= 4 is 28.6 Å². The van der Waals surface area contributed by atoms with E-state index in [1.165, 1.54) is 6.33 Å². The number of amides is 1. The quantitative estimate of drug-likeness (QED) is 0.640. The summed E-state index contributed by atoms with van der Waals surface area (Å²) in [7, 11) is 0. The summed E-state index contributed by atoms with van der Waals surface area (Å²) in [5, 5.41) is 10.3. The molecule has 3 rings (SSSR count). The molecule has 124 valence electrons. The van der Waals surface area contributed by atoms with Crippen molar-refractivity contribution in [1.29, 1.82) is 0 Å². The minimum atomic E-state index is -0.119. The number of nitrogens with two attached hydrogens (primary N) is 1. The highest BCUT2D eigenvalue weighted by atomic mass is 16.1. The van der Waals surface area contributed by atoms with Gasteiger partial charge in [0, 0.05) is 24.1 Å². The molecule has 24 heavy (non-hydrogen) atoms. The number of nitrogens with zero attached hydrogens (tertiary/aromatic N) is 3. The summed E-state index contributed by atoms with van der Waals surface area (Å²) in [6.07, 6.45) is 3.17. The van der Waals surface area contributed by atoms with Gasteiger partial charge in [0.2, 0.25) is 0 Å². The van der Waals surface area contributed by atoms with E-state index >= 15 is 0 Å². The topological polar surface area (TPSA) is 97.3 Å². The SMILES string of the molecule is CCNC(=O)c1cn2ncnc(Nc3cc(N)ccc3C)c2c1C. The number of rotatable bonds is 4. The van der Waals surface area contributed by atoms with E-state index in [0.717, 1.165) is 22.3 Å². The molecular formula is C17H20N6O. The monoisotopic (exact) mass is 324 g/mol. The molecular weight excluding hydrogens is 304 g/mol. The lowest BCUT2D eigenvalue weighted by Crippen LogP contribution is -2.22. The van der Waals surface area contributed by atoms with E-state index in [0.29, 0.717) is 23.6 Å². The number of carbonyl (C=O) groups excluding carboxylic acids is 1. The van der Waals surface area contributed by atoms with Crippen molar-refractivity contribution in [3.8, 4) is 0 Å². The summed E-state index contributed by atoms with van der Waals surface area (Å²) < 4.78 is 1.66. The lowest BCUT2D eigenvalue weighted by Gasteiger charge is -2.11. The van der Waals surface area contributed by atoms with Crippen molar-refractivity contribution in [1.82, 2.24) is 19.9 Å². The number of carbonyl (C=O) groups is 1. The Morgan fingerprint density at radius 2 is 2.12 bits per heavy atom. The zero-order valence-electron chi connectivity index (χ0n) is 13.9. The van der Waals surface area contributed by atoms with Crippen LogP contribution in [-0.4, -0.2) is 27.0 Å². The van der Waals surface area contributed by atoms with Crippen molar-refractivity contribution in [2.45, 2.75) is 20.8 Å². The van der Waals surface area contributed by atoms with Gasteiger partial charge in [-0.3, -0.25) is 4.79 Å². The number of anilines is 3. The van der Waals surface area contributed by atoms with Gasteiger partial charge >= 0.3 is 0 Å². The van der Waals surface area contributed by atoms with Crippen molar-refractivity contribution in [2.24, 2.45) is 0 Å². The molecule has 0 saturated heterocycles. The number of hydrogen-bond acceptors (Lipinski definition) is 5. The van der Waals surface area contributed by atoms with Crippen LogP contribution in [0.1, 0.15) is 28.4 Å². The Morgan fingerprint density at radius 1 is 1.33 bits per heavy atom. The van der Waals surface area contributed by atoms with Gasteiger partial charge in [-0.15, -0.1) is 0 Å². The Morgan fingerprint density at radius 3 is 2.88 bits per heavy atom. The van der Waals surface area contributed by atoms with E-state index in [4.69, 9.17) is 5.73 Å². The van der Waals surface area contributed by atoms with Crippen LogP contribution in [0.3, 0.4) is 0 Å². The first-order valence-corrected chi connectivity index (χ1v) is 7.75. The lowest BCUT2D eigenvalue weighted by atomic mass is 10.1. The molecule has 0 aliphatic heterocycles. The highest BCUT2D eigenvalue weighted by molar-refractivity contribution is 5.99. The van der Waals surface area contributed by atoms with E-state index in [-0.39, 0.29) is 5.91 Å². The van der Waals surface area contributed by atoms with Crippen LogP contribution in [-0.2, 0) is 0 Å². The first-order chi connectivity index (χ1) is 11.5. The van der Waals surface area contributed by atoms with Gasteiger partial charge in [0.1, 0.15) is 11.8 Å². The molecule has 0 unspecified atom stereocenters. The van der Waals surface area contributed by atoms with Crippen LogP contribution in [0.4, 0.5) is 17.2 Å². The number of fused-ring (bicyclic) bond motifs is 1. The molecule has 1 aromatic carbocycles. The second kappa shape index (κ2) is 6.19. The maximum absolute atomic E-state index is 12.2. The maximum Gasteiger partial charge on any atom is 0.253 e. The molecule has 0 fully saturated rings. The molecule has 4 N–H and O–H groups in total. The molecule has 0 spiro atoms. The van der Waals surface area contributed by atoms with Crippen LogP contribution < -0.4 is 16.4 Å². The van der Waals surface area contributed by atoms with E-state index in [1.807, 2.05) is 39.0 Å². The van der Waals surface area contributed by atoms with E-state index in [1.54, 1.807) is 10.7 Å². The number of nitrogens with one attached hydrogen (secondary N) is 2. The van der Waals surface area contributed by atoms with Crippen LogP contribution >= 0.6 is 0 Å². The second-order valence-electron chi connectivity index (χ2n) is 5.63. The summed E-state index contributed by atoms with van der Waals surface area (Å²) in [5.74, 6) is 0.512. The summed E-state index contributed by atoms with van der Waals surface area (Å²) >= 11 is 0. The Bertz CT molecular complexity index is 915. The fourth-order valence-electron chi connectivity index (χ4n) is 2.64. The normalized spacial score (nSPS) is 10.8. The van der Waals surface area contributed by atoms with Gasteiger partial charge in [-0.1, -0.05) is 6.07 Å². The van der Waals surface area contributed by atoms with Gasteiger partial charge < -0.3 is 16.4 Å². The molecule has 2 heterocycles. The Balaban J connectivity index is 2.09. The molecule has 2 aromatic heterocycles. The third-order valence-corrected chi connectivity index (χ3v) is 3.92. The van der Waals surface area contributed by atoms with E-state index < -0.39 is 0 Å². The largest absolute Gasteiger partial charge is 0.399 e. The molecule has 7 heteroatoms. The molecule has 0 atom stereocenters. The van der Waals surface area contributed by atoms with E-state index in [9.17, 15) is 4.79 Å². The number of hydrogen-bond donors (Lipinski definition) is 3. The number of aryl methyl sites for hydroxylation is 2. The van der Waals surface area contributed by atoms with Crippen LogP contribution in [0.15, 0.2) is 30.7 Å². The smallest absolute Gasteiger partial charge is 0.253 e. The number of aromatic nitrogens is 3. The predicted octanol–water partition coefficient (Wildman–Crippen LogP) is 2.42. The van der Waals surface area contributed by atoms with Crippen LogP contribution in [0.2, 0.25) is 0 Å². The minimum Gasteiger partial charge on any atom is -0.399 e. The standard InChI is InChI=1S/C17H20N6O/c1-4-19-17(24)13-8-23-15(11(13)3)16(20-9-21-23)22-14-7-12(18)6-5-10(14)2/h5-9H,4,18H2,1-3H3,(H,19,24)(H,20,21,22). The predicted molar refractivity (Wildman–Crippen MR) is 94.6 cm³/mol. The zero-order chi connectivity index (χ0) is 17.3. The fourth-order valence-corrected chi connectivity index (χ4v) is 2.64. The molecule has 0 aliphatic carbocycles. The van der Waals surface area contributed by atoms with Crippen LogP contribution in [0, 0.1) is 13.8 Å². The highest BCUT2D eigenvalue weighted by Gasteiger charge is 2.17. The average molecular weight is 324 g/mol. The molecule has 0 bridgehead atoms. The van der Waals surface area contributed by atoms with Gasteiger partial charge in [0.25, 0.3) is 5.91 Å². The molecule has 3 aromatic rings. The fraction of sp³-hybridized carbons (Fsp3) is 0.235. The van der Waals surface area contributed by atoms with Gasteiger partial charge in [0.15, 0.2) is 5.82 Å². The molecule has 0 saturated carbocycles. The number of benzene rings is 1. The van der Waals surface area contributed by atoms with Gasteiger partial charge in [0.05, 0.1) is 5.56 Å². The molecule has 7 nitrogen and oxygen atoms in total. The van der Waals surface area contributed by atoms with Gasteiger partial charge in [-0.2, -0.15) is 5.10 Å². The molecule has 0 radical (unpaired) electrons. The van der Waals surface area contributed by atoms with Crippen LogP contribution in [0.25, 0.3) is 5.52 Å². The molecule has 0 aliphatic rings.